The molecule has 1 rings (SSSR count). The lowest BCUT2D eigenvalue weighted by atomic mass is 10.0. The molecule has 0 aliphatic heterocycles. The zero-order valence-electron chi connectivity index (χ0n) is 8.29. The van der Waals surface area contributed by atoms with Gasteiger partial charge in [-0.25, -0.2) is 0 Å². The van der Waals surface area contributed by atoms with Crippen LogP contribution in [0.2, 0.25) is 0 Å². The smallest absolute Gasteiger partial charge is 0.366 e. The summed E-state index contributed by atoms with van der Waals surface area (Å²) >= 11 is 1.32. The Bertz CT molecular complexity index is 493. The van der Waals surface area contributed by atoms with Gasteiger partial charge in [-0.3, -0.25) is 4.79 Å². The quantitative estimate of drug-likeness (QED) is 0.586. The van der Waals surface area contributed by atoms with Crippen LogP contribution in [-0.4, -0.2) is 5.91 Å². The first-order valence-electron chi connectivity index (χ1n) is 4.22. The van der Waals surface area contributed by atoms with Crippen LogP contribution in [0.3, 0.4) is 0 Å². The van der Waals surface area contributed by atoms with Gasteiger partial charge in [-0.1, -0.05) is 0 Å². The van der Waals surface area contributed by atoms with Crippen molar-refractivity contribution in [2.75, 3.05) is 0 Å². The van der Waals surface area contributed by atoms with Gasteiger partial charge in [-0.2, -0.15) is 26.3 Å². The average molecular weight is 383 g/mol. The van der Waals surface area contributed by atoms with E-state index < -0.39 is 35.0 Å². The van der Waals surface area contributed by atoms with E-state index in [9.17, 15) is 31.1 Å². The minimum absolute atomic E-state index is 0.118. The standard InChI is InChI=1S/C9H4F6INO/c10-8(11,12)4-1-3(7(17)18)6(16)2-5(4)9(13,14)15/h1-2H,(H2,17,18). The Kier molecular flexibility index (Phi) is 3.84. The molecule has 0 aliphatic rings. The molecule has 100 valence electrons. The molecule has 2 N–H and O–H groups in total. The van der Waals surface area contributed by atoms with Crippen LogP contribution < -0.4 is 5.73 Å². The van der Waals surface area contributed by atoms with Gasteiger partial charge < -0.3 is 5.73 Å². The molecule has 0 saturated heterocycles. The highest BCUT2D eigenvalue weighted by Gasteiger charge is 2.43. The highest BCUT2D eigenvalue weighted by molar-refractivity contribution is 14.1. The van der Waals surface area contributed by atoms with Crippen molar-refractivity contribution in [2.24, 2.45) is 5.73 Å². The molecule has 0 spiro atoms. The topological polar surface area (TPSA) is 43.1 Å². The van der Waals surface area contributed by atoms with E-state index in [1.165, 1.54) is 22.6 Å². The average Bonchev–Trinajstić information content (AvgIpc) is 2.13. The van der Waals surface area contributed by atoms with E-state index >= 15 is 0 Å². The summed E-state index contributed by atoms with van der Waals surface area (Å²) in [5.74, 6) is -1.22. The summed E-state index contributed by atoms with van der Waals surface area (Å²) < 4.78 is 74.6. The van der Waals surface area contributed by atoms with Crippen LogP contribution in [0.1, 0.15) is 21.5 Å². The van der Waals surface area contributed by atoms with E-state index in [1.54, 1.807) is 0 Å². The zero-order chi connectivity index (χ0) is 14.3. The van der Waals surface area contributed by atoms with Crippen molar-refractivity contribution in [1.82, 2.24) is 0 Å². The maximum absolute atomic E-state index is 12.5. The van der Waals surface area contributed by atoms with Gasteiger partial charge >= 0.3 is 12.4 Å². The lowest BCUT2D eigenvalue weighted by molar-refractivity contribution is -0.162. The number of hydrogen-bond donors (Lipinski definition) is 1. The van der Waals surface area contributed by atoms with Crippen LogP contribution in [0.25, 0.3) is 0 Å². The zero-order valence-corrected chi connectivity index (χ0v) is 10.4. The first-order chi connectivity index (χ1) is 7.94. The Morgan fingerprint density at radius 2 is 1.39 bits per heavy atom. The fraction of sp³-hybridized carbons (Fsp3) is 0.222. The highest BCUT2D eigenvalue weighted by Crippen LogP contribution is 2.41. The molecule has 0 saturated carbocycles. The van der Waals surface area contributed by atoms with Gasteiger partial charge in [-0.15, -0.1) is 0 Å². The molecule has 18 heavy (non-hydrogen) atoms. The fourth-order valence-corrected chi connectivity index (χ4v) is 1.96. The van der Waals surface area contributed by atoms with E-state index in [1.807, 2.05) is 0 Å². The van der Waals surface area contributed by atoms with E-state index in [0.29, 0.717) is 0 Å². The minimum Gasteiger partial charge on any atom is -0.366 e. The van der Waals surface area contributed by atoms with Crippen molar-refractivity contribution in [3.63, 3.8) is 0 Å². The Labute approximate surface area is 110 Å². The Morgan fingerprint density at radius 1 is 1.00 bits per heavy atom. The first-order valence-corrected chi connectivity index (χ1v) is 5.30. The summed E-state index contributed by atoms with van der Waals surface area (Å²) in [6.07, 6.45) is -10.4. The van der Waals surface area contributed by atoms with Crippen molar-refractivity contribution in [1.29, 1.82) is 0 Å². The van der Waals surface area contributed by atoms with Crippen LogP contribution >= 0.6 is 22.6 Å². The van der Waals surface area contributed by atoms with Gasteiger partial charge in [0.25, 0.3) is 0 Å². The van der Waals surface area contributed by atoms with Gasteiger partial charge in [0.15, 0.2) is 0 Å². The van der Waals surface area contributed by atoms with Crippen LogP contribution in [0, 0.1) is 3.57 Å². The predicted octanol–water partition coefficient (Wildman–Crippen LogP) is 3.43. The number of halogens is 7. The largest absolute Gasteiger partial charge is 0.417 e. The van der Waals surface area contributed by atoms with E-state index in [-0.39, 0.29) is 15.7 Å². The number of benzene rings is 1. The molecule has 0 unspecified atom stereocenters. The van der Waals surface area contributed by atoms with Crippen molar-refractivity contribution in [3.05, 3.63) is 32.4 Å². The number of amides is 1. The summed E-state index contributed by atoms with van der Waals surface area (Å²) in [4.78, 5) is 10.8. The van der Waals surface area contributed by atoms with E-state index in [0.717, 1.165) is 0 Å². The molecule has 0 aromatic heterocycles. The third kappa shape index (κ3) is 3.06. The SMILES string of the molecule is NC(=O)c1cc(C(F)(F)F)c(C(F)(F)F)cc1I. The van der Waals surface area contributed by atoms with Gasteiger partial charge in [0.05, 0.1) is 16.7 Å². The van der Waals surface area contributed by atoms with Gasteiger partial charge in [0.1, 0.15) is 0 Å². The Balaban J connectivity index is 3.64. The summed E-state index contributed by atoms with van der Waals surface area (Å²) in [5.41, 5.74) is 0.423. The normalized spacial score (nSPS) is 12.6. The summed E-state index contributed by atoms with van der Waals surface area (Å²) in [5, 5.41) is 0. The molecular weight excluding hydrogens is 379 g/mol. The van der Waals surface area contributed by atoms with E-state index in [4.69, 9.17) is 5.73 Å². The fourth-order valence-electron chi connectivity index (χ4n) is 1.23. The number of rotatable bonds is 1. The van der Waals surface area contributed by atoms with Crippen LogP contribution in [-0.2, 0) is 12.4 Å². The summed E-state index contributed by atoms with van der Waals surface area (Å²) in [7, 11) is 0. The van der Waals surface area contributed by atoms with E-state index in [2.05, 4.69) is 0 Å². The number of nitrogens with two attached hydrogens (primary N) is 1. The first kappa shape index (κ1) is 15.1. The van der Waals surface area contributed by atoms with Crippen LogP contribution in [0.5, 0.6) is 0 Å². The molecule has 1 amide bonds. The molecule has 0 atom stereocenters. The second-order valence-electron chi connectivity index (χ2n) is 3.24. The lowest BCUT2D eigenvalue weighted by Gasteiger charge is -2.17. The van der Waals surface area contributed by atoms with Crippen molar-refractivity contribution in [2.45, 2.75) is 12.4 Å². The minimum atomic E-state index is -5.22. The third-order valence-electron chi connectivity index (χ3n) is 1.98. The highest BCUT2D eigenvalue weighted by atomic mass is 127. The third-order valence-corrected chi connectivity index (χ3v) is 2.88. The number of alkyl halides is 6. The van der Waals surface area contributed by atoms with Crippen molar-refractivity contribution in [3.8, 4) is 0 Å². The Morgan fingerprint density at radius 3 is 1.72 bits per heavy atom. The maximum atomic E-state index is 12.5. The summed E-state index contributed by atoms with van der Waals surface area (Å²) in [6.45, 7) is 0. The number of carbonyl (C=O) groups excluding carboxylic acids is 1. The summed E-state index contributed by atoms with van der Waals surface area (Å²) in [6, 6.07) is 0.371. The monoisotopic (exact) mass is 383 g/mol. The molecule has 0 fully saturated rings. The molecule has 2 nitrogen and oxygen atoms in total. The number of primary amides is 1. The Hall–Kier alpha value is -1.00. The van der Waals surface area contributed by atoms with Crippen molar-refractivity contribution >= 4 is 28.5 Å². The number of hydrogen-bond acceptors (Lipinski definition) is 1. The molecule has 0 aliphatic carbocycles. The molecule has 0 heterocycles. The number of carbonyl (C=O) groups is 1. The van der Waals surface area contributed by atoms with Crippen LogP contribution in [0.15, 0.2) is 12.1 Å². The molecule has 1 aromatic rings. The lowest BCUT2D eigenvalue weighted by Crippen LogP contribution is -2.20. The molecule has 1 aromatic carbocycles. The maximum Gasteiger partial charge on any atom is 0.417 e. The van der Waals surface area contributed by atoms with Gasteiger partial charge in [-0.05, 0) is 34.7 Å². The molecule has 9 heteroatoms. The predicted molar refractivity (Wildman–Crippen MR) is 57.7 cm³/mol. The molecular formula is C9H4F6INO. The second kappa shape index (κ2) is 4.59. The molecule has 0 bridgehead atoms. The van der Waals surface area contributed by atoms with Crippen LogP contribution in [0.4, 0.5) is 26.3 Å². The second-order valence-corrected chi connectivity index (χ2v) is 4.40. The molecule has 0 radical (unpaired) electrons. The van der Waals surface area contributed by atoms with Gasteiger partial charge in [0.2, 0.25) is 5.91 Å². The van der Waals surface area contributed by atoms with Gasteiger partial charge in [0, 0.05) is 3.57 Å². The van der Waals surface area contributed by atoms with Crippen molar-refractivity contribution < 1.29 is 31.1 Å².